The molecule has 1 aromatic rings. The molecule has 2 heterocycles. The molecule has 1 aromatic heterocycles. The number of likely N-dealkylation sites (N-methyl/N-ethyl adjacent to an activating group) is 1. The maximum atomic E-state index is 5.93. The first-order chi connectivity index (χ1) is 7.48. The van der Waals surface area contributed by atoms with Crippen LogP contribution >= 0.6 is 12.4 Å². The van der Waals surface area contributed by atoms with Gasteiger partial charge in [-0.05, 0) is 6.07 Å². The zero-order valence-electron chi connectivity index (χ0n) is 10.8. The van der Waals surface area contributed by atoms with Crippen molar-refractivity contribution in [3.8, 4) is 0 Å². The van der Waals surface area contributed by atoms with Gasteiger partial charge in [0.1, 0.15) is 0 Å². The predicted molar refractivity (Wildman–Crippen MR) is 74.4 cm³/mol. The first kappa shape index (κ1) is 17.1. The zero-order chi connectivity index (χ0) is 11.8. The van der Waals surface area contributed by atoms with Crippen LogP contribution in [0.25, 0.3) is 0 Å². The number of halogens is 2. The third-order valence-corrected chi connectivity index (χ3v) is 3.17. The van der Waals surface area contributed by atoms with Crippen LogP contribution in [0.2, 0.25) is 0 Å². The van der Waals surface area contributed by atoms with Crippen molar-refractivity contribution in [2.75, 3.05) is 56.6 Å². The first-order valence-electron chi connectivity index (χ1n) is 5.56. The fourth-order valence-electron chi connectivity index (χ4n) is 1.97. The van der Waals surface area contributed by atoms with Crippen molar-refractivity contribution in [2.24, 2.45) is 0 Å². The molecule has 1 fully saturated rings. The molecule has 0 saturated carbocycles. The molecule has 0 aliphatic carbocycles. The molecule has 0 amide bonds. The maximum absolute atomic E-state index is 5.93. The van der Waals surface area contributed by atoms with E-state index in [2.05, 4.69) is 24.0 Å². The Morgan fingerprint density at radius 3 is 2.28 bits per heavy atom. The molecule has 1 saturated heterocycles. The fraction of sp³-hybridized carbons (Fsp3) is 0.545. The summed E-state index contributed by atoms with van der Waals surface area (Å²) in [7, 11) is 4.49. The number of nitrogen functional groups attached to an aromatic ring is 2. The van der Waals surface area contributed by atoms with Gasteiger partial charge < -0.3 is 33.3 Å². The molecule has 0 atom stereocenters. The summed E-state index contributed by atoms with van der Waals surface area (Å²) in [6.45, 7) is 4.22. The lowest BCUT2D eigenvalue weighted by Gasteiger charge is -2.39. The predicted octanol–water partition coefficient (Wildman–Crippen LogP) is -2.43. The molecule has 0 aromatic carbocycles. The molecule has 4 N–H and O–H groups in total. The topological polar surface area (TPSA) is 68.2 Å². The monoisotopic (exact) mass is 293 g/mol. The minimum atomic E-state index is 0. The van der Waals surface area contributed by atoms with E-state index < -0.39 is 0 Å². The third-order valence-electron chi connectivity index (χ3n) is 3.17. The van der Waals surface area contributed by atoms with Gasteiger partial charge in [0.2, 0.25) is 0 Å². The van der Waals surface area contributed by atoms with Crippen LogP contribution < -0.4 is 28.8 Å². The molecule has 5 nitrogen and oxygen atoms in total. The highest BCUT2D eigenvalue weighted by atomic mass is 35.5. The van der Waals surface area contributed by atoms with Gasteiger partial charge in [0.05, 0.1) is 57.8 Å². The van der Waals surface area contributed by atoms with E-state index >= 15 is 0 Å². The summed E-state index contributed by atoms with van der Waals surface area (Å²) in [6.07, 6.45) is 1.67. The third kappa shape index (κ3) is 3.80. The fourth-order valence-corrected chi connectivity index (χ4v) is 1.97. The van der Waals surface area contributed by atoms with E-state index in [9.17, 15) is 0 Å². The normalized spacial score (nSPS) is 17.6. The van der Waals surface area contributed by atoms with E-state index in [0.717, 1.165) is 36.5 Å². The molecule has 1 aliphatic rings. The second-order valence-electron chi connectivity index (χ2n) is 5.05. The van der Waals surface area contributed by atoms with Gasteiger partial charge >= 0.3 is 0 Å². The Bertz CT molecular complexity index is 387. The van der Waals surface area contributed by atoms with Crippen LogP contribution in [0.15, 0.2) is 12.3 Å². The van der Waals surface area contributed by atoms with Crippen molar-refractivity contribution < 1.29 is 16.9 Å². The van der Waals surface area contributed by atoms with E-state index in [4.69, 9.17) is 11.5 Å². The van der Waals surface area contributed by atoms with Crippen molar-refractivity contribution >= 4 is 29.6 Å². The number of hydrogen-bond donors (Lipinski definition) is 2. The quantitative estimate of drug-likeness (QED) is 0.565. The van der Waals surface area contributed by atoms with Crippen molar-refractivity contribution in [1.29, 1.82) is 0 Å². The second kappa shape index (κ2) is 6.31. The lowest BCUT2D eigenvalue weighted by Crippen LogP contribution is -3.00. The van der Waals surface area contributed by atoms with E-state index in [0.29, 0.717) is 11.4 Å². The molecular weight excluding hydrogens is 273 g/mol. The summed E-state index contributed by atoms with van der Waals surface area (Å²) in [4.78, 5) is 6.55. The summed E-state index contributed by atoms with van der Waals surface area (Å²) in [5.41, 5.74) is 12.9. The first-order valence-corrected chi connectivity index (χ1v) is 5.56. The number of anilines is 3. The number of nitrogens with two attached hydrogens (primary N) is 2. The number of nitrogens with zero attached hydrogens (tertiary/aromatic N) is 3. The lowest BCUT2D eigenvalue weighted by molar-refractivity contribution is -0.890. The van der Waals surface area contributed by atoms with Crippen molar-refractivity contribution in [1.82, 2.24) is 4.98 Å². The smallest absolute Gasteiger partial charge is 0.152 e. The summed E-state index contributed by atoms with van der Waals surface area (Å²) in [6, 6.07) is 1.77. The number of piperazine rings is 1. The Hall–Kier alpha value is -0.910. The Labute approximate surface area is 121 Å². The SMILES string of the molecule is C[N+]1(C)CCN(c2ncc(N)cc2N)CC1.Cl.[Cl-]. The van der Waals surface area contributed by atoms with Gasteiger partial charge in [-0.25, -0.2) is 4.98 Å². The Balaban J connectivity index is 0.00000144. The van der Waals surface area contributed by atoms with Gasteiger partial charge in [-0.3, -0.25) is 0 Å². The molecule has 0 spiro atoms. The largest absolute Gasteiger partial charge is 1.00 e. The molecule has 18 heavy (non-hydrogen) atoms. The van der Waals surface area contributed by atoms with E-state index in [1.165, 1.54) is 0 Å². The van der Waals surface area contributed by atoms with Crippen LogP contribution in [-0.2, 0) is 0 Å². The average molecular weight is 294 g/mol. The molecule has 0 unspecified atom stereocenters. The van der Waals surface area contributed by atoms with E-state index in [1.807, 2.05) is 0 Å². The average Bonchev–Trinajstić information content (AvgIpc) is 2.19. The number of quaternary nitrogens is 1. The maximum Gasteiger partial charge on any atom is 0.152 e. The molecule has 0 bridgehead atoms. The number of pyridine rings is 1. The lowest BCUT2D eigenvalue weighted by atomic mass is 10.2. The van der Waals surface area contributed by atoms with Crippen LogP contribution in [-0.4, -0.2) is 49.7 Å². The van der Waals surface area contributed by atoms with E-state index in [1.54, 1.807) is 12.3 Å². The second-order valence-corrected chi connectivity index (χ2v) is 5.05. The minimum Gasteiger partial charge on any atom is -1.00 e. The number of rotatable bonds is 1. The van der Waals surface area contributed by atoms with Crippen LogP contribution in [0.5, 0.6) is 0 Å². The summed E-state index contributed by atoms with van der Waals surface area (Å²) in [5, 5.41) is 0. The zero-order valence-corrected chi connectivity index (χ0v) is 12.3. The Morgan fingerprint density at radius 2 is 1.78 bits per heavy atom. The number of aromatic nitrogens is 1. The van der Waals surface area contributed by atoms with Crippen LogP contribution in [0, 0.1) is 0 Å². The summed E-state index contributed by atoms with van der Waals surface area (Å²) in [5.74, 6) is 0.869. The molecule has 104 valence electrons. The van der Waals surface area contributed by atoms with Crippen molar-refractivity contribution in [3.63, 3.8) is 0 Å². The molecule has 2 rings (SSSR count). The van der Waals surface area contributed by atoms with Crippen molar-refractivity contribution in [2.45, 2.75) is 0 Å². The highest BCUT2D eigenvalue weighted by molar-refractivity contribution is 5.85. The highest BCUT2D eigenvalue weighted by Gasteiger charge is 2.25. The Morgan fingerprint density at radius 1 is 1.22 bits per heavy atom. The van der Waals surface area contributed by atoms with Gasteiger partial charge in [-0.2, -0.15) is 0 Å². The standard InChI is InChI=1S/C11H20N5.2ClH/c1-16(2)5-3-15(4-6-16)11-10(13)7-9(12)8-14-11;;/h7-8H,3-6,12-13H2,1-2H3;2*1H/q+1;;/p-1. The van der Waals surface area contributed by atoms with Gasteiger partial charge in [0, 0.05) is 0 Å². The summed E-state index contributed by atoms with van der Waals surface area (Å²) < 4.78 is 1.06. The molecule has 7 heteroatoms. The van der Waals surface area contributed by atoms with Gasteiger partial charge in [-0.15, -0.1) is 12.4 Å². The minimum absolute atomic E-state index is 0. The Kier molecular flexibility index (Phi) is 5.99. The van der Waals surface area contributed by atoms with Gasteiger partial charge in [0.25, 0.3) is 0 Å². The van der Waals surface area contributed by atoms with Crippen molar-refractivity contribution in [3.05, 3.63) is 12.3 Å². The van der Waals surface area contributed by atoms with Crippen LogP contribution in [0.4, 0.5) is 17.2 Å². The number of hydrogen-bond acceptors (Lipinski definition) is 4. The van der Waals surface area contributed by atoms with Gasteiger partial charge in [-0.1, -0.05) is 0 Å². The molecule has 1 aliphatic heterocycles. The van der Waals surface area contributed by atoms with Crippen LogP contribution in [0.3, 0.4) is 0 Å². The molecular formula is C11H21Cl2N5. The molecule has 0 radical (unpaired) electrons. The van der Waals surface area contributed by atoms with Crippen LogP contribution in [0.1, 0.15) is 0 Å². The highest BCUT2D eigenvalue weighted by Crippen LogP contribution is 2.23. The van der Waals surface area contributed by atoms with Gasteiger partial charge in [0.15, 0.2) is 5.82 Å². The van der Waals surface area contributed by atoms with E-state index in [-0.39, 0.29) is 24.8 Å². The summed E-state index contributed by atoms with van der Waals surface area (Å²) >= 11 is 0.